The molecule has 0 radical (unpaired) electrons. The Morgan fingerprint density at radius 1 is 1.15 bits per heavy atom. The van der Waals surface area contributed by atoms with Gasteiger partial charge in [0.25, 0.3) is 0 Å². The minimum absolute atomic E-state index is 0.0952. The summed E-state index contributed by atoms with van der Waals surface area (Å²) >= 11 is 0. The molecule has 2 aromatic carbocycles. The molecule has 1 aliphatic carbocycles. The highest BCUT2D eigenvalue weighted by Gasteiger charge is 2.49. The molecular formula is C18H19FO. The van der Waals surface area contributed by atoms with Crippen LogP contribution in [0.5, 0.6) is 0 Å². The fraction of sp³-hybridized carbons (Fsp3) is 0.333. The Morgan fingerprint density at radius 3 is 2.45 bits per heavy atom. The van der Waals surface area contributed by atoms with Gasteiger partial charge in [0.1, 0.15) is 5.82 Å². The van der Waals surface area contributed by atoms with E-state index in [1.165, 1.54) is 17.7 Å². The minimum atomic E-state index is -0.408. The molecule has 2 aromatic rings. The van der Waals surface area contributed by atoms with Crippen molar-refractivity contribution in [3.8, 4) is 0 Å². The van der Waals surface area contributed by atoms with E-state index in [1.54, 1.807) is 6.07 Å². The molecule has 3 rings (SSSR count). The summed E-state index contributed by atoms with van der Waals surface area (Å²) in [4.78, 5) is 0. The molecule has 0 spiro atoms. The first kappa shape index (κ1) is 13.3. The lowest BCUT2D eigenvalue weighted by atomic mass is 9.86. The van der Waals surface area contributed by atoms with E-state index in [0.29, 0.717) is 6.42 Å². The quantitative estimate of drug-likeness (QED) is 0.896. The predicted molar refractivity (Wildman–Crippen MR) is 78.2 cm³/mol. The van der Waals surface area contributed by atoms with Crippen LogP contribution < -0.4 is 0 Å². The van der Waals surface area contributed by atoms with Gasteiger partial charge in [-0.1, -0.05) is 36.4 Å². The van der Waals surface area contributed by atoms with Crippen molar-refractivity contribution in [2.75, 3.05) is 0 Å². The van der Waals surface area contributed by atoms with Crippen LogP contribution in [0.1, 0.15) is 29.5 Å². The molecule has 0 amide bonds. The Morgan fingerprint density at radius 2 is 1.85 bits per heavy atom. The number of halogens is 1. The van der Waals surface area contributed by atoms with Crippen molar-refractivity contribution >= 4 is 0 Å². The lowest BCUT2D eigenvalue weighted by Gasteiger charge is -2.23. The van der Waals surface area contributed by atoms with E-state index < -0.39 is 6.10 Å². The number of aliphatic hydroxyl groups excluding tert-OH is 1. The van der Waals surface area contributed by atoms with Crippen LogP contribution >= 0.6 is 0 Å². The number of benzene rings is 2. The van der Waals surface area contributed by atoms with Crippen molar-refractivity contribution in [1.29, 1.82) is 0 Å². The fourth-order valence-corrected chi connectivity index (χ4v) is 3.01. The summed E-state index contributed by atoms with van der Waals surface area (Å²) in [5.41, 5.74) is 3.06. The summed E-state index contributed by atoms with van der Waals surface area (Å²) in [5, 5.41) is 10.6. The Balaban J connectivity index is 1.81. The second-order valence-electron chi connectivity index (χ2n) is 5.81. The summed E-state index contributed by atoms with van der Waals surface area (Å²) in [6.45, 7) is 1.90. The van der Waals surface area contributed by atoms with E-state index in [9.17, 15) is 9.50 Å². The van der Waals surface area contributed by atoms with E-state index in [2.05, 4.69) is 12.1 Å². The lowest BCUT2D eigenvalue weighted by molar-refractivity contribution is 0.131. The fourth-order valence-electron chi connectivity index (χ4n) is 3.01. The van der Waals surface area contributed by atoms with E-state index in [-0.39, 0.29) is 11.2 Å². The number of hydrogen-bond acceptors (Lipinski definition) is 1. The van der Waals surface area contributed by atoms with Crippen LogP contribution in [0.15, 0.2) is 48.5 Å². The Bertz CT molecular complexity index is 602. The zero-order valence-corrected chi connectivity index (χ0v) is 11.6. The van der Waals surface area contributed by atoms with Crippen LogP contribution in [0, 0.1) is 12.7 Å². The van der Waals surface area contributed by atoms with Crippen molar-refractivity contribution in [3.05, 3.63) is 71.0 Å². The Kier molecular flexibility index (Phi) is 3.35. The average molecular weight is 270 g/mol. The second-order valence-corrected chi connectivity index (χ2v) is 5.81. The molecule has 1 fully saturated rings. The maximum absolute atomic E-state index is 13.1. The van der Waals surface area contributed by atoms with Crippen LogP contribution in [0.2, 0.25) is 0 Å². The summed E-state index contributed by atoms with van der Waals surface area (Å²) in [6, 6.07) is 15.0. The van der Waals surface area contributed by atoms with Gasteiger partial charge in [-0.05, 0) is 55.0 Å². The van der Waals surface area contributed by atoms with E-state index in [1.807, 2.05) is 25.1 Å². The highest BCUT2D eigenvalue weighted by molar-refractivity contribution is 5.35. The monoisotopic (exact) mass is 270 g/mol. The minimum Gasteiger partial charge on any atom is -0.392 e. The van der Waals surface area contributed by atoms with Gasteiger partial charge in [0, 0.05) is 5.41 Å². The summed E-state index contributed by atoms with van der Waals surface area (Å²) in [6.07, 6.45) is 2.23. The van der Waals surface area contributed by atoms with Crippen LogP contribution in [0.25, 0.3) is 0 Å². The topological polar surface area (TPSA) is 20.2 Å². The van der Waals surface area contributed by atoms with Crippen molar-refractivity contribution in [3.63, 3.8) is 0 Å². The Hall–Kier alpha value is -1.67. The van der Waals surface area contributed by atoms with Crippen LogP contribution in [0.3, 0.4) is 0 Å². The molecule has 1 aliphatic rings. The SMILES string of the molecule is Cc1cc(F)ccc1CC(O)C1(c2ccccc2)CC1. The first-order valence-corrected chi connectivity index (χ1v) is 7.10. The molecule has 0 bridgehead atoms. The van der Waals surface area contributed by atoms with Gasteiger partial charge >= 0.3 is 0 Å². The molecule has 2 heteroatoms. The molecule has 104 valence electrons. The zero-order valence-electron chi connectivity index (χ0n) is 11.6. The molecule has 1 N–H and O–H groups in total. The molecule has 1 unspecified atom stereocenters. The summed E-state index contributed by atoms with van der Waals surface area (Å²) in [7, 11) is 0. The predicted octanol–water partition coefficient (Wildman–Crippen LogP) is 3.77. The first-order chi connectivity index (χ1) is 9.62. The number of aryl methyl sites for hydroxylation is 1. The second kappa shape index (κ2) is 5.02. The van der Waals surface area contributed by atoms with Gasteiger partial charge in [0.2, 0.25) is 0 Å². The molecule has 1 nitrogen and oxygen atoms in total. The maximum Gasteiger partial charge on any atom is 0.123 e. The number of hydrogen-bond donors (Lipinski definition) is 1. The molecule has 1 atom stereocenters. The average Bonchev–Trinajstić information content (AvgIpc) is 3.24. The Labute approximate surface area is 119 Å². The van der Waals surface area contributed by atoms with Gasteiger partial charge in [-0.25, -0.2) is 4.39 Å². The highest BCUT2D eigenvalue weighted by Crippen LogP contribution is 2.51. The van der Waals surface area contributed by atoms with Gasteiger partial charge in [0.05, 0.1) is 6.10 Å². The smallest absolute Gasteiger partial charge is 0.123 e. The van der Waals surface area contributed by atoms with Gasteiger partial charge in [0.15, 0.2) is 0 Å². The third kappa shape index (κ3) is 2.36. The number of rotatable bonds is 4. The zero-order chi connectivity index (χ0) is 14.2. The van der Waals surface area contributed by atoms with Crippen LogP contribution in [0.4, 0.5) is 4.39 Å². The van der Waals surface area contributed by atoms with Gasteiger partial charge < -0.3 is 5.11 Å². The van der Waals surface area contributed by atoms with Crippen molar-refractivity contribution in [1.82, 2.24) is 0 Å². The first-order valence-electron chi connectivity index (χ1n) is 7.10. The normalized spacial score (nSPS) is 17.8. The van der Waals surface area contributed by atoms with E-state index in [4.69, 9.17) is 0 Å². The molecular weight excluding hydrogens is 251 g/mol. The third-order valence-electron chi connectivity index (χ3n) is 4.49. The maximum atomic E-state index is 13.1. The van der Waals surface area contributed by atoms with Gasteiger partial charge in [-0.15, -0.1) is 0 Å². The highest BCUT2D eigenvalue weighted by atomic mass is 19.1. The van der Waals surface area contributed by atoms with Crippen LogP contribution in [-0.4, -0.2) is 11.2 Å². The van der Waals surface area contributed by atoms with Crippen molar-refractivity contribution in [2.45, 2.75) is 37.7 Å². The summed E-state index contributed by atoms with van der Waals surface area (Å²) in [5.74, 6) is -0.218. The van der Waals surface area contributed by atoms with Gasteiger partial charge in [-0.2, -0.15) is 0 Å². The molecule has 0 heterocycles. The molecule has 1 saturated carbocycles. The lowest BCUT2D eigenvalue weighted by Crippen LogP contribution is -2.28. The molecule has 20 heavy (non-hydrogen) atoms. The van der Waals surface area contributed by atoms with E-state index in [0.717, 1.165) is 24.0 Å². The molecule has 0 aromatic heterocycles. The third-order valence-corrected chi connectivity index (χ3v) is 4.49. The number of aliphatic hydroxyl groups is 1. The van der Waals surface area contributed by atoms with Crippen molar-refractivity contribution in [2.24, 2.45) is 0 Å². The standard InChI is InChI=1S/C18H19FO/c1-13-11-16(19)8-7-14(13)12-17(20)18(9-10-18)15-5-3-2-4-6-15/h2-8,11,17,20H,9-10,12H2,1H3. The summed E-state index contributed by atoms with van der Waals surface area (Å²) < 4.78 is 13.1. The van der Waals surface area contributed by atoms with Crippen LogP contribution in [-0.2, 0) is 11.8 Å². The van der Waals surface area contributed by atoms with Gasteiger partial charge in [-0.3, -0.25) is 0 Å². The molecule has 0 saturated heterocycles. The largest absolute Gasteiger partial charge is 0.392 e. The van der Waals surface area contributed by atoms with E-state index >= 15 is 0 Å². The van der Waals surface area contributed by atoms with Crippen molar-refractivity contribution < 1.29 is 9.50 Å². The molecule has 0 aliphatic heterocycles.